The fraction of sp³-hybridized carbons (Fsp3) is 0.667. The second-order valence-corrected chi connectivity index (χ2v) is 12.1. The second kappa shape index (κ2) is 8.81. The number of terminal acetylenes is 1. The molecule has 2 heterocycles. The van der Waals surface area contributed by atoms with Crippen LogP contribution in [0.1, 0.15) is 63.8 Å². The zero-order valence-corrected chi connectivity index (χ0v) is 21.1. The van der Waals surface area contributed by atoms with Gasteiger partial charge in [0, 0.05) is 18.7 Å². The van der Waals surface area contributed by atoms with Crippen LogP contribution >= 0.6 is 11.6 Å². The molecular weight excluding hydrogens is 480 g/mol. The van der Waals surface area contributed by atoms with Crippen LogP contribution in [0.15, 0.2) is 12.3 Å². The first-order valence-corrected chi connectivity index (χ1v) is 13.4. The van der Waals surface area contributed by atoms with Gasteiger partial charge in [-0.1, -0.05) is 5.92 Å². The molecule has 2 aromatic rings. The maximum absolute atomic E-state index is 12.7. The minimum absolute atomic E-state index is 0.0544. The Morgan fingerprint density at radius 3 is 2.53 bits per heavy atom. The minimum atomic E-state index is -1.01. The quantitative estimate of drug-likeness (QED) is 0.326. The van der Waals surface area contributed by atoms with E-state index in [4.69, 9.17) is 33.2 Å². The number of carbonyl (C=O) groups excluding carboxylic acids is 1. The van der Waals surface area contributed by atoms with Crippen molar-refractivity contribution < 1.29 is 19.4 Å². The normalized spacial score (nSPS) is 36.8. The van der Waals surface area contributed by atoms with Crippen LogP contribution in [0.3, 0.4) is 0 Å². The Bertz CT molecular complexity index is 1190. The predicted molar refractivity (Wildman–Crippen MR) is 135 cm³/mol. The van der Waals surface area contributed by atoms with Crippen molar-refractivity contribution in [2.75, 3.05) is 18.9 Å². The highest BCUT2D eigenvalue weighted by molar-refractivity contribution is 6.28. The summed E-state index contributed by atoms with van der Waals surface area (Å²) >= 11 is 6.04. The third-order valence-corrected chi connectivity index (χ3v) is 9.66. The molecule has 0 aliphatic heterocycles. The Morgan fingerprint density at radius 1 is 1.19 bits per heavy atom. The van der Waals surface area contributed by atoms with E-state index in [9.17, 15) is 9.90 Å². The molecule has 8 nitrogen and oxygen atoms in total. The van der Waals surface area contributed by atoms with Gasteiger partial charge in [-0.05, 0) is 92.2 Å². The Kier molecular flexibility index (Phi) is 5.84. The molecular formula is C27H33ClN4O4. The third kappa shape index (κ3) is 4.01. The fourth-order valence-electron chi connectivity index (χ4n) is 8.27. The maximum Gasteiger partial charge on any atom is 0.508 e. The molecule has 0 spiro atoms. The first kappa shape index (κ1) is 23.9. The molecule has 5 fully saturated rings. The number of hydrogen-bond donors (Lipinski definition) is 2. The van der Waals surface area contributed by atoms with Crippen molar-refractivity contribution in [3.63, 3.8) is 0 Å². The summed E-state index contributed by atoms with van der Waals surface area (Å²) in [6.07, 6.45) is 16.0. The highest BCUT2D eigenvalue weighted by atomic mass is 35.5. The van der Waals surface area contributed by atoms with Crippen molar-refractivity contribution >= 4 is 34.6 Å². The number of fused-ring (bicyclic) bond motifs is 1. The van der Waals surface area contributed by atoms with Crippen LogP contribution in [-0.4, -0.2) is 45.1 Å². The van der Waals surface area contributed by atoms with E-state index < -0.39 is 17.7 Å². The lowest BCUT2D eigenvalue weighted by Gasteiger charge is -2.57. The van der Waals surface area contributed by atoms with Gasteiger partial charge in [0.05, 0.1) is 24.0 Å². The van der Waals surface area contributed by atoms with Gasteiger partial charge >= 0.3 is 6.16 Å². The van der Waals surface area contributed by atoms with Crippen LogP contribution in [0.5, 0.6) is 0 Å². The Hall–Kier alpha value is -2.50. The van der Waals surface area contributed by atoms with Gasteiger partial charge in [0.15, 0.2) is 0 Å². The van der Waals surface area contributed by atoms with Crippen LogP contribution in [0, 0.1) is 40.9 Å². The third-order valence-electron chi connectivity index (χ3n) is 9.50. The first-order valence-electron chi connectivity index (χ1n) is 13.0. The lowest BCUT2D eigenvalue weighted by atomic mass is 9.49. The molecule has 5 aliphatic rings. The van der Waals surface area contributed by atoms with Gasteiger partial charge in [-0.25, -0.2) is 9.78 Å². The van der Waals surface area contributed by atoms with Gasteiger partial charge in [0.25, 0.3) is 0 Å². The van der Waals surface area contributed by atoms with Crippen molar-refractivity contribution in [3.05, 3.63) is 17.5 Å². The van der Waals surface area contributed by atoms with Crippen LogP contribution in [0.25, 0.3) is 11.0 Å². The number of ether oxygens (including phenoxy) is 2. The lowest BCUT2D eigenvalue weighted by Crippen LogP contribution is -2.46. The van der Waals surface area contributed by atoms with Crippen molar-refractivity contribution in [1.29, 1.82) is 0 Å². The van der Waals surface area contributed by atoms with Gasteiger partial charge in [0.1, 0.15) is 17.6 Å². The first-order chi connectivity index (χ1) is 17.3. The average molecular weight is 513 g/mol. The van der Waals surface area contributed by atoms with E-state index in [1.807, 2.05) is 16.8 Å². The number of rotatable bonds is 6. The number of nitrogen functional groups attached to an aromatic ring is 1. The van der Waals surface area contributed by atoms with Crippen molar-refractivity contribution in [3.8, 4) is 12.3 Å². The topological polar surface area (TPSA) is 112 Å². The van der Waals surface area contributed by atoms with Crippen LogP contribution in [0.2, 0.25) is 5.28 Å². The number of carbonyl (C=O) groups is 1. The van der Waals surface area contributed by atoms with Gasteiger partial charge in [-0.2, -0.15) is 4.98 Å². The summed E-state index contributed by atoms with van der Waals surface area (Å²) in [7, 11) is 0. The summed E-state index contributed by atoms with van der Waals surface area (Å²) in [6.45, 7) is 0.0581. The fourth-order valence-corrected chi connectivity index (χ4v) is 8.44. The molecule has 3 N–H and O–H groups in total. The van der Waals surface area contributed by atoms with Crippen LogP contribution in [0.4, 0.5) is 10.6 Å². The number of aliphatic hydroxyl groups excluding tert-OH is 1. The summed E-state index contributed by atoms with van der Waals surface area (Å²) in [6, 6.07) is 1.66. The Morgan fingerprint density at radius 2 is 1.89 bits per heavy atom. The minimum Gasteiger partial charge on any atom is -0.434 e. The molecule has 0 amide bonds. The van der Waals surface area contributed by atoms with Crippen LogP contribution < -0.4 is 5.73 Å². The van der Waals surface area contributed by atoms with Gasteiger partial charge < -0.3 is 24.9 Å². The smallest absolute Gasteiger partial charge is 0.434 e. The summed E-state index contributed by atoms with van der Waals surface area (Å²) in [5.74, 6) is 5.59. The number of nitrogens with two attached hydrogens (primary N) is 1. The highest BCUT2D eigenvalue weighted by Crippen LogP contribution is 2.61. The summed E-state index contributed by atoms with van der Waals surface area (Å²) in [5.41, 5.74) is 5.91. The zero-order chi connectivity index (χ0) is 25.1. The molecule has 2 aromatic heterocycles. The van der Waals surface area contributed by atoms with Crippen molar-refractivity contribution in [1.82, 2.24) is 14.5 Å². The molecule has 4 bridgehead atoms. The second-order valence-electron chi connectivity index (χ2n) is 11.8. The molecule has 3 atom stereocenters. The van der Waals surface area contributed by atoms with Crippen molar-refractivity contribution in [2.45, 2.75) is 69.9 Å². The zero-order valence-electron chi connectivity index (χ0n) is 20.4. The van der Waals surface area contributed by atoms with E-state index in [-0.39, 0.29) is 17.9 Å². The molecule has 36 heavy (non-hydrogen) atoms. The molecule has 9 heteroatoms. The lowest BCUT2D eigenvalue weighted by molar-refractivity contribution is -0.0708. The van der Waals surface area contributed by atoms with Gasteiger partial charge in [0.2, 0.25) is 5.28 Å². The number of anilines is 1. The number of hydrogen-bond acceptors (Lipinski definition) is 7. The summed E-state index contributed by atoms with van der Waals surface area (Å²) < 4.78 is 13.3. The highest BCUT2D eigenvalue weighted by Gasteiger charge is 2.51. The molecule has 0 radical (unpaired) electrons. The monoisotopic (exact) mass is 512 g/mol. The van der Waals surface area contributed by atoms with E-state index in [2.05, 4.69) is 15.9 Å². The standard InChI is InChI=1S/C27H33ClN4O4/c1-2-27(15-33)14-19(32-5-3-20-22(29)30-24(28)31-23(20)32)10-21(27)36-25(34)35-6-4-26-11-16-7-17(12-26)9-18(8-16)13-26/h1,3,5,16-19,21,33H,4,6-15H2,(H2,29,30,31)/t16?,17?,18?,19-,21-,26?,27+/m0/s1. The van der Waals surface area contributed by atoms with E-state index in [0.29, 0.717) is 41.7 Å². The molecule has 0 unspecified atom stereocenters. The van der Waals surface area contributed by atoms with Gasteiger partial charge in [-0.15, -0.1) is 6.42 Å². The molecule has 0 saturated heterocycles. The average Bonchev–Trinajstić information content (AvgIpc) is 3.40. The number of aromatic nitrogens is 3. The Balaban J connectivity index is 1.12. The Labute approximate surface area is 215 Å². The SMILES string of the molecule is C#C[C@]1(CO)C[C@@H](n2ccc3c(N)nc(Cl)nc32)C[C@@H]1OC(=O)OCCC12CC3CC(CC(C3)C1)C2. The summed E-state index contributed by atoms with van der Waals surface area (Å²) in [5, 5.41) is 11.0. The van der Waals surface area contributed by atoms with Gasteiger partial charge in [-0.3, -0.25) is 0 Å². The number of halogens is 1. The summed E-state index contributed by atoms with van der Waals surface area (Å²) in [4.78, 5) is 21.1. The molecule has 7 rings (SSSR count). The van der Waals surface area contributed by atoms with E-state index in [1.165, 1.54) is 38.5 Å². The molecule has 0 aromatic carbocycles. The number of aliphatic hydroxyl groups is 1. The maximum atomic E-state index is 12.7. The molecule has 192 valence electrons. The van der Waals surface area contributed by atoms with E-state index in [1.54, 1.807) is 0 Å². The van der Waals surface area contributed by atoms with E-state index in [0.717, 1.165) is 24.2 Å². The predicted octanol–water partition coefficient (Wildman–Crippen LogP) is 4.74. The van der Waals surface area contributed by atoms with Crippen molar-refractivity contribution in [2.24, 2.45) is 28.6 Å². The molecule has 5 aliphatic carbocycles. The van der Waals surface area contributed by atoms with E-state index >= 15 is 0 Å². The number of nitrogens with zero attached hydrogens (tertiary/aromatic N) is 3. The van der Waals surface area contributed by atoms with Crippen LogP contribution in [-0.2, 0) is 9.47 Å². The largest absolute Gasteiger partial charge is 0.508 e. The molecule has 5 saturated carbocycles.